The third kappa shape index (κ3) is 4.41. The smallest absolute Gasteiger partial charge is 0.261 e. The minimum atomic E-state index is -3.75. The molecule has 0 saturated carbocycles. The zero-order chi connectivity index (χ0) is 18.6. The Hall–Kier alpha value is -2.83. The molecule has 0 radical (unpaired) electrons. The van der Waals surface area contributed by atoms with Crippen LogP contribution in [0.25, 0.3) is 0 Å². The van der Waals surface area contributed by atoms with Crippen LogP contribution in [-0.4, -0.2) is 14.3 Å². The van der Waals surface area contributed by atoms with Crippen LogP contribution in [0.15, 0.2) is 83.8 Å². The van der Waals surface area contributed by atoms with Gasteiger partial charge in [0.15, 0.2) is 0 Å². The third-order valence-electron chi connectivity index (χ3n) is 3.54. The SMILES string of the molecule is O=C(Nc1ccc(S(=O)(=O)Nc2cccc(Cl)c2)cc1)c1ccccc1. The molecule has 2 N–H and O–H groups in total. The molecule has 7 heteroatoms. The fourth-order valence-corrected chi connectivity index (χ4v) is 3.52. The van der Waals surface area contributed by atoms with Gasteiger partial charge in [-0.05, 0) is 54.6 Å². The van der Waals surface area contributed by atoms with Crippen LogP contribution in [0.5, 0.6) is 0 Å². The number of carbonyl (C=O) groups is 1. The van der Waals surface area contributed by atoms with Crippen LogP contribution in [-0.2, 0) is 10.0 Å². The molecule has 0 atom stereocenters. The summed E-state index contributed by atoms with van der Waals surface area (Å²) in [7, 11) is -3.75. The average Bonchev–Trinajstić information content (AvgIpc) is 2.62. The van der Waals surface area contributed by atoms with Crippen LogP contribution in [0.2, 0.25) is 5.02 Å². The number of amides is 1. The highest BCUT2D eigenvalue weighted by atomic mass is 35.5. The Labute approximate surface area is 156 Å². The largest absolute Gasteiger partial charge is 0.322 e. The summed E-state index contributed by atoms with van der Waals surface area (Å²) in [6.45, 7) is 0. The molecule has 0 heterocycles. The van der Waals surface area contributed by atoms with Crippen LogP contribution in [0.3, 0.4) is 0 Å². The second-order valence-electron chi connectivity index (χ2n) is 5.46. The van der Waals surface area contributed by atoms with Gasteiger partial charge in [0, 0.05) is 16.3 Å². The fourth-order valence-electron chi connectivity index (χ4n) is 2.28. The van der Waals surface area contributed by atoms with E-state index in [-0.39, 0.29) is 10.8 Å². The third-order valence-corrected chi connectivity index (χ3v) is 5.17. The van der Waals surface area contributed by atoms with E-state index in [0.29, 0.717) is 22.0 Å². The van der Waals surface area contributed by atoms with E-state index in [1.807, 2.05) is 6.07 Å². The first-order valence-corrected chi connectivity index (χ1v) is 9.55. The zero-order valence-corrected chi connectivity index (χ0v) is 15.1. The highest BCUT2D eigenvalue weighted by Gasteiger charge is 2.14. The number of hydrogen-bond acceptors (Lipinski definition) is 3. The molecule has 3 rings (SSSR count). The molecule has 3 aromatic rings. The van der Waals surface area contributed by atoms with E-state index in [1.54, 1.807) is 42.5 Å². The lowest BCUT2D eigenvalue weighted by Crippen LogP contribution is -2.14. The van der Waals surface area contributed by atoms with Crippen LogP contribution in [0.4, 0.5) is 11.4 Å². The first kappa shape index (κ1) is 18.0. The van der Waals surface area contributed by atoms with Gasteiger partial charge in [-0.2, -0.15) is 0 Å². The van der Waals surface area contributed by atoms with Crippen molar-refractivity contribution in [1.29, 1.82) is 0 Å². The summed E-state index contributed by atoms with van der Waals surface area (Å²) < 4.78 is 27.3. The van der Waals surface area contributed by atoms with Crippen LogP contribution < -0.4 is 10.0 Å². The number of nitrogens with one attached hydrogen (secondary N) is 2. The summed E-state index contributed by atoms with van der Waals surface area (Å²) >= 11 is 5.86. The van der Waals surface area contributed by atoms with Gasteiger partial charge in [-0.15, -0.1) is 0 Å². The van der Waals surface area contributed by atoms with Gasteiger partial charge >= 0.3 is 0 Å². The zero-order valence-electron chi connectivity index (χ0n) is 13.5. The molecule has 0 fully saturated rings. The number of benzene rings is 3. The Balaban J connectivity index is 1.73. The summed E-state index contributed by atoms with van der Waals surface area (Å²) in [4.78, 5) is 12.2. The molecule has 3 aromatic carbocycles. The topological polar surface area (TPSA) is 75.3 Å². The van der Waals surface area contributed by atoms with E-state index in [9.17, 15) is 13.2 Å². The molecule has 0 aliphatic rings. The fraction of sp³-hybridized carbons (Fsp3) is 0. The second-order valence-corrected chi connectivity index (χ2v) is 7.58. The summed E-state index contributed by atoms with van der Waals surface area (Å²) in [5, 5.41) is 3.16. The van der Waals surface area contributed by atoms with Crippen molar-refractivity contribution in [3.8, 4) is 0 Å². The molecule has 0 spiro atoms. The quantitative estimate of drug-likeness (QED) is 0.682. The standard InChI is InChI=1S/C19H15ClN2O3S/c20-15-7-4-8-17(13-15)22-26(24,25)18-11-9-16(10-12-18)21-19(23)14-5-2-1-3-6-14/h1-13,22H,(H,21,23). The molecule has 0 unspecified atom stereocenters. The van der Waals surface area contributed by atoms with E-state index in [1.165, 1.54) is 30.3 Å². The van der Waals surface area contributed by atoms with Crippen LogP contribution in [0, 0.1) is 0 Å². The lowest BCUT2D eigenvalue weighted by molar-refractivity contribution is 0.102. The van der Waals surface area contributed by atoms with E-state index >= 15 is 0 Å². The summed E-state index contributed by atoms with van der Waals surface area (Å²) in [6.07, 6.45) is 0. The Kier molecular flexibility index (Phi) is 5.25. The van der Waals surface area contributed by atoms with E-state index in [2.05, 4.69) is 10.0 Å². The van der Waals surface area contributed by atoms with Gasteiger partial charge in [-0.3, -0.25) is 9.52 Å². The highest BCUT2D eigenvalue weighted by molar-refractivity contribution is 7.92. The van der Waals surface area contributed by atoms with Gasteiger partial charge in [0.2, 0.25) is 0 Å². The second kappa shape index (κ2) is 7.59. The minimum Gasteiger partial charge on any atom is -0.322 e. The van der Waals surface area contributed by atoms with Crippen molar-refractivity contribution >= 4 is 38.9 Å². The molecule has 132 valence electrons. The van der Waals surface area contributed by atoms with Crippen molar-refractivity contribution in [2.24, 2.45) is 0 Å². The van der Waals surface area contributed by atoms with Gasteiger partial charge in [0.25, 0.3) is 15.9 Å². The minimum absolute atomic E-state index is 0.0789. The van der Waals surface area contributed by atoms with Gasteiger partial charge in [0.05, 0.1) is 10.6 Å². The lowest BCUT2D eigenvalue weighted by Gasteiger charge is -2.10. The predicted molar refractivity (Wildman–Crippen MR) is 103 cm³/mol. The molecule has 1 amide bonds. The summed E-state index contributed by atoms with van der Waals surface area (Å²) in [5.41, 5.74) is 1.39. The Bertz CT molecular complexity index is 1020. The van der Waals surface area contributed by atoms with Crippen LogP contribution >= 0.6 is 11.6 Å². The molecular weight excluding hydrogens is 372 g/mol. The van der Waals surface area contributed by atoms with Gasteiger partial charge in [-0.25, -0.2) is 8.42 Å². The molecule has 0 aromatic heterocycles. The van der Waals surface area contributed by atoms with E-state index in [4.69, 9.17) is 11.6 Å². The first-order valence-electron chi connectivity index (χ1n) is 7.69. The molecule has 5 nitrogen and oxygen atoms in total. The normalized spacial score (nSPS) is 11.0. The highest BCUT2D eigenvalue weighted by Crippen LogP contribution is 2.21. The summed E-state index contributed by atoms with van der Waals surface area (Å²) in [5.74, 6) is -0.266. The molecular formula is C19H15ClN2O3S. The average molecular weight is 387 g/mol. The van der Waals surface area contributed by atoms with Crippen molar-refractivity contribution in [3.63, 3.8) is 0 Å². The maximum absolute atomic E-state index is 12.4. The van der Waals surface area contributed by atoms with Crippen molar-refractivity contribution in [2.75, 3.05) is 10.0 Å². The van der Waals surface area contributed by atoms with Crippen molar-refractivity contribution in [2.45, 2.75) is 4.90 Å². The van der Waals surface area contributed by atoms with Gasteiger partial charge < -0.3 is 5.32 Å². The first-order chi connectivity index (χ1) is 12.4. The van der Waals surface area contributed by atoms with E-state index in [0.717, 1.165) is 0 Å². The Morgan fingerprint density at radius 2 is 1.50 bits per heavy atom. The van der Waals surface area contributed by atoms with E-state index < -0.39 is 10.0 Å². The maximum Gasteiger partial charge on any atom is 0.261 e. The molecule has 0 saturated heterocycles. The number of hydrogen-bond donors (Lipinski definition) is 2. The number of sulfonamides is 1. The van der Waals surface area contributed by atoms with Crippen molar-refractivity contribution in [1.82, 2.24) is 0 Å². The maximum atomic E-state index is 12.4. The number of rotatable bonds is 5. The molecule has 26 heavy (non-hydrogen) atoms. The van der Waals surface area contributed by atoms with Crippen molar-refractivity contribution < 1.29 is 13.2 Å². The van der Waals surface area contributed by atoms with Crippen LogP contribution in [0.1, 0.15) is 10.4 Å². The Morgan fingerprint density at radius 1 is 0.808 bits per heavy atom. The van der Waals surface area contributed by atoms with Gasteiger partial charge in [0.1, 0.15) is 0 Å². The number of carbonyl (C=O) groups excluding carboxylic acids is 1. The number of anilines is 2. The monoisotopic (exact) mass is 386 g/mol. The number of halogens is 1. The predicted octanol–water partition coefficient (Wildman–Crippen LogP) is 4.39. The molecule has 0 bridgehead atoms. The molecule has 0 aliphatic heterocycles. The van der Waals surface area contributed by atoms with Crippen molar-refractivity contribution in [3.05, 3.63) is 89.4 Å². The summed E-state index contributed by atoms with van der Waals surface area (Å²) in [6, 6.07) is 21.1. The van der Waals surface area contributed by atoms with Gasteiger partial charge in [-0.1, -0.05) is 35.9 Å². The molecule has 0 aliphatic carbocycles. The Morgan fingerprint density at radius 3 is 2.15 bits per heavy atom. The lowest BCUT2D eigenvalue weighted by atomic mass is 10.2.